The molecule has 0 N–H and O–H groups in total. The Kier molecular flexibility index (Phi) is 5.10. The summed E-state index contributed by atoms with van der Waals surface area (Å²) in [5.74, 6) is 2.30. The predicted molar refractivity (Wildman–Crippen MR) is 72.9 cm³/mol. The highest BCUT2D eigenvalue weighted by Crippen LogP contribution is 2.34. The highest BCUT2D eigenvalue weighted by Gasteiger charge is 2.13. The van der Waals surface area contributed by atoms with Crippen LogP contribution in [0.3, 0.4) is 0 Å². The number of rotatable bonds is 7. The van der Waals surface area contributed by atoms with Gasteiger partial charge >= 0.3 is 0 Å². The SMILES string of the molecule is CC(C)OCC/C=C/COc1ccc2c(c1)OCO2. The zero-order chi connectivity index (χ0) is 13.5. The molecule has 0 amide bonds. The van der Waals surface area contributed by atoms with Crippen LogP contribution in [0.5, 0.6) is 17.2 Å². The lowest BCUT2D eigenvalue weighted by molar-refractivity contribution is 0.0825. The minimum atomic E-state index is 0.286. The van der Waals surface area contributed by atoms with Crippen LogP contribution >= 0.6 is 0 Å². The van der Waals surface area contributed by atoms with Crippen molar-refractivity contribution in [3.8, 4) is 17.2 Å². The van der Waals surface area contributed by atoms with Crippen molar-refractivity contribution in [1.82, 2.24) is 0 Å². The Morgan fingerprint density at radius 2 is 2.05 bits per heavy atom. The van der Waals surface area contributed by atoms with Crippen molar-refractivity contribution in [2.75, 3.05) is 20.0 Å². The number of hydrogen-bond donors (Lipinski definition) is 0. The first-order valence-corrected chi connectivity index (χ1v) is 6.55. The topological polar surface area (TPSA) is 36.9 Å². The van der Waals surface area contributed by atoms with E-state index in [9.17, 15) is 0 Å². The molecule has 1 heterocycles. The predicted octanol–water partition coefficient (Wildman–Crippen LogP) is 3.17. The molecule has 19 heavy (non-hydrogen) atoms. The molecule has 1 aromatic carbocycles. The van der Waals surface area contributed by atoms with E-state index in [2.05, 4.69) is 6.08 Å². The maximum Gasteiger partial charge on any atom is 0.231 e. The van der Waals surface area contributed by atoms with Gasteiger partial charge in [0.2, 0.25) is 6.79 Å². The summed E-state index contributed by atoms with van der Waals surface area (Å²) in [5.41, 5.74) is 0. The minimum Gasteiger partial charge on any atom is -0.489 e. The van der Waals surface area contributed by atoms with Gasteiger partial charge in [-0.05, 0) is 32.4 Å². The maximum absolute atomic E-state index is 5.60. The molecule has 0 saturated carbocycles. The van der Waals surface area contributed by atoms with Gasteiger partial charge in [0.15, 0.2) is 11.5 Å². The fraction of sp³-hybridized carbons (Fsp3) is 0.467. The van der Waals surface area contributed by atoms with Gasteiger partial charge in [-0.15, -0.1) is 0 Å². The molecule has 1 aliphatic heterocycles. The first-order valence-electron chi connectivity index (χ1n) is 6.55. The average Bonchev–Trinajstić information content (AvgIpc) is 2.84. The largest absolute Gasteiger partial charge is 0.489 e. The number of benzene rings is 1. The van der Waals surface area contributed by atoms with Crippen LogP contribution in [0.2, 0.25) is 0 Å². The fourth-order valence-corrected chi connectivity index (χ4v) is 1.67. The normalized spacial score (nSPS) is 13.4. The van der Waals surface area contributed by atoms with Crippen molar-refractivity contribution in [1.29, 1.82) is 0 Å². The molecule has 4 nitrogen and oxygen atoms in total. The molecule has 0 aromatic heterocycles. The van der Waals surface area contributed by atoms with Crippen LogP contribution < -0.4 is 14.2 Å². The van der Waals surface area contributed by atoms with Crippen molar-refractivity contribution in [3.05, 3.63) is 30.4 Å². The summed E-state index contributed by atoms with van der Waals surface area (Å²) in [6.07, 6.45) is 5.25. The van der Waals surface area contributed by atoms with E-state index in [1.165, 1.54) is 0 Å². The van der Waals surface area contributed by atoms with Crippen LogP contribution in [0.1, 0.15) is 20.3 Å². The molecule has 1 aliphatic rings. The second-order valence-corrected chi connectivity index (χ2v) is 4.51. The van der Waals surface area contributed by atoms with Gasteiger partial charge in [0.05, 0.1) is 12.7 Å². The van der Waals surface area contributed by atoms with Gasteiger partial charge in [-0.2, -0.15) is 0 Å². The van der Waals surface area contributed by atoms with Crippen molar-refractivity contribution < 1.29 is 18.9 Å². The number of ether oxygens (including phenoxy) is 4. The third kappa shape index (κ3) is 4.48. The summed E-state index contributed by atoms with van der Waals surface area (Å²) in [6.45, 7) is 5.65. The molecule has 2 rings (SSSR count). The van der Waals surface area contributed by atoms with Crippen molar-refractivity contribution >= 4 is 0 Å². The molecule has 0 spiro atoms. The van der Waals surface area contributed by atoms with E-state index in [0.29, 0.717) is 12.7 Å². The monoisotopic (exact) mass is 264 g/mol. The van der Waals surface area contributed by atoms with E-state index < -0.39 is 0 Å². The minimum absolute atomic E-state index is 0.286. The smallest absolute Gasteiger partial charge is 0.231 e. The molecule has 0 bridgehead atoms. The van der Waals surface area contributed by atoms with Gasteiger partial charge in [0.1, 0.15) is 12.4 Å². The summed E-state index contributed by atoms with van der Waals surface area (Å²) in [4.78, 5) is 0. The maximum atomic E-state index is 5.60. The molecule has 104 valence electrons. The van der Waals surface area contributed by atoms with E-state index in [1.807, 2.05) is 38.1 Å². The highest BCUT2D eigenvalue weighted by atomic mass is 16.7. The van der Waals surface area contributed by atoms with E-state index in [4.69, 9.17) is 18.9 Å². The molecule has 0 unspecified atom stereocenters. The van der Waals surface area contributed by atoms with Crippen molar-refractivity contribution in [2.24, 2.45) is 0 Å². The second-order valence-electron chi connectivity index (χ2n) is 4.51. The van der Waals surface area contributed by atoms with Gasteiger partial charge in [-0.25, -0.2) is 0 Å². The Hall–Kier alpha value is -1.68. The van der Waals surface area contributed by atoms with Crippen LogP contribution in [0, 0.1) is 0 Å². The van der Waals surface area contributed by atoms with Gasteiger partial charge < -0.3 is 18.9 Å². The van der Waals surface area contributed by atoms with Gasteiger partial charge in [-0.1, -0.05) is 12.2 Å². The number of fused-ring (bicyclic) bond motifs is 1. The fourth-order valence-electron chi connectivity index (χ4n) is 1.67. The molecule has 0 radical (unpaired) electrons. The molecule has 0 aliphatic carbocycles. The first-order chi connectivity index (χ1) is 9.25. The van der Waals surface area contributed by atoms with E-state index in [1.54, 1.807) is 0 Å². The summed E-state index contributed by atoms with van der Waals surface area (Å²) in [5, 5.41) is 0. The highest BCUT2D eigenvalue weighted by molar-refractivity contribution is 5.46. The zero-order valence-corrected chi connectivity index (χ0v) is 11.4. The number of hydrogen-bond acceptors (Lipinski definition) is 4. The molecular weight excluding hydrogens is 244 g/mol. The third-order valence-corrected chi connectivity index (χ3v) is 2.59. The second kappa shape index (κ2) is 7.04. The van der Waals surface area contributed by atoms with Gasteiger partial charge in [0.25, 0.3) is 0 Å². The summed E-state index contributed by atoms with van der Waals surface area (Å²) in [6, 6.07) is 5.58. The standard InChI is InChI=1S/C15H20O4/c1-12(2)16-8-4-3-5-9-17-13-6-7-14-15(10-13)19-11-18-14/h3,5-7,10,12H,4,8-9,11H2,1-2H3/b5-3+. The molecular formula is C15H20O4. The van der Waals surface area contributed by atoms with Gasteiger partial charge in [0, 0.05) is 6.07 Å². The molecule has 1 aromatic rings. The first kappa shape index (κ1) is 13.7. The Balaban J connectivity index is 1.67. The Morgan fingerprint density at radius 1 is 1.21 bits per heavy atom. The van der Waals surface area contributed by atoms with Crippen LogP contribution in [-0.2, 0) is 4.74 Å². The molecule has 0 fully saturated rings. The Bertz CT molecular complexity index is 426. The van der Waals surface area contributed by atoms with Crippen LogP contribution in [0.25, 0.3) is 0 Å². The Labute approximate surface area is 113 Å². The lowest BCUT2D eigenvalue weighted by atomic mass is 10.3. The van der Waals surface area contributed by atoms with Gasteiger partial charge in [-0.3, -0.25) is 0 Å². The third-order valence-electron chi connectivity index (χ3n) is 2.59. The van der Waals surface area contributed by atoms with E-state index in [-0.39, 0.29) is 6.79 Å². The molecule has 4 heteroatoms. The van der Waals surface area contributed by atoms with E-state index in [0.717, 1.165) is 30.3 Å². The van der Waals surface area contributed by atoms with Crippen molar-refractivity contribution in [2.45, 2.75) is 26.4 Å². The summed E-state index contributed by atoms with van der Waals surface area (Å²) in [7, 11) is 0. The lowest BCUT2D eigenvalue weighted by Crippen LogP contribution is -2.02. The lowest BCUT2D eigenvalue weighted by Gasteiger charge is -2.05. The molecule has 0 saturated heterocycles. The summed E-state index contributed by atoms with van der Waals surface area (Å²) < 4.78 is 21.6. The van der Waals surface area contributed by atoms with Crippen molar-refractivity contribution in [3.63, 3.8) is 0 Å². The Morgan fingerprint density at radius 3 is 2.89 bits per heavy atom. The molecule has 0 atom stereocenters. The average molecular weight is 264 g/mol. The van der Waals surface area contributed by atoms with Crippen LogP contribution in [-0.4, -0.2) is 26.1 Å². The van der Waals surface area contributed by atoms with Crippen LogP contribution in [0.4, 0.5) is 0 Å². The summed E-state index contributed by atoms with van der Waals surface area (Å²) >= 11 is 0. The zero-order valence-electron chi connectivity index (χ0n) is 11.4. The van der Waals surface area contributed by atoms with E-state index >= 15 is 0 Å². The quantitative estimate of drug-likeness (QED) is 0.560. The van der Waals surface area contributed by atoms with Crippen LogP contribution in [0.15, 0.2) is 30.4 Å².